The predicted molar refractivity (Wildman–Crippen MR) is 207 cm³/mol. The smallest absolute Gasteiger partial charge is 0.335 e. The van der Waals surface area contributed by atoms with E-state index in [1.54, 1.807) is 48.2 Å². The van der Waals surface area contributed by atoms with Crippen LogP contribution in [0.5, 0.6) is 11.5 Å². The summed E-state index contributed by atoms with van der Waals surface area (Å²) < 4.78 is 6.95. The van der Waals surface area contributed by atoms with Crippen LogP contribution in [0, 0.1) is 6.92 Å². The van der Waals surface area contributed by atoms with Gasteiger partial charge in [0.25, 0.3) is 0 Å². The third kappa shape index (κ3) is 8.00. The fraction of sp³-hybridized carbons (Fsp3) is 0.395. The number of carbonyl (C=O) groups is 2. The van der Waals surface area contributed by atoms with Crippen LogP contribution in [0.15, 0.2) is 87.1 Å². The molecule has 2 aliphatic carbocycles. The fourth-order valence-corrected chi connectivity index (χ4v) is 8.44. The van der Waals surface area contributed by atoms with E-state index in [1.165, 1.54) is 40.0 Å². The van der Waals surface area contributed by atoms with Crippen LogP contribution >= 0.6 is 27.7 Å². The van der Waals surface area contributed by atoms with Crippen LogP contribution in [0.2, 0.25) is 0 Å². The minimum Gasteiger partial charge on any atom is -0.478 e. The number of hydrogen-bond donors (Lipinski definition) is 2. The van der Waals surface area contributed by atoms with Gasteiger partial charge in [-0.15, -0.1) is 0 Å². The van der Waals surface area contributed by atoms with Crippen molar-refractivity contribution >= 4 is 39.6 Å². The molecule has 50 heavy (non-hydrogen) atoms. The molecule has 5 nitrogen and oxygen atoms in total. The maximum Gasteiger partial charge on any atom is 0.335 e. The zero-order valence-electron chi connectivity index (χ0n) is 30.7. The van der Waals surface area contributed by atoms with Crippen molar-refractivity contribution in [3.63, 3.8) is 0 Å². The highest BCUT2D eigenvalue weighted by Crippen LogP contribution is 2.50. The normalized spacial score (nSPS) is 17.7. The molecule has 6 rings (SSSR count). The van der Waals surface area contributed by atoms with Gasteiger partial charge in [-0.05, 0) is 165 Å². The maximum absolute atomic E-state index is 11.1. The summed E-state index contributed by atoms with van der Waals surface area (Å²) in [6.45, 7) is 20.5. The average Bonchev–Trinajstić information content (AvgIpc) is 3.04. The second-order valence-corrected chi connectivity index (χ2v) is 18.4. The van der Waals surface area contributed by atoms with E-state index in [1.807, 2.05) is 13.0 Å². The van der Waals surface area contributed by atoms with E-state index in [9.17, 15) is 9.59 Å². The first-order chi connectivity index (χ1) is 23.2. The Balaban J connectivity index is 0.000000194. The molecule has 0 aliphatic heterocycles. The molecule has 0 saturated carbocycles. The van der Waals surface area contributed by atoms with Crippen molar-refractivity contribution in [1.82, 2.24) is 0 Å². The van der Waals surface area contributed by atoms with Crippen LogP contribution in [0.1, 0.15) is 130 Å². The minimum atomic E-state index is -0.939. The van der Waals surface area contributed by atoms with Gasteiger partial charge in [-0.2, -0.15) is 0 Å². The topological polar surface area (TPSA) is 83.8 Å². The predicted octanol–water partition coefficient (Wildman–Crippen LogP) is 12.5. The molecule has 0 amide bonds. The Morgan fingerprint density at radius 2 is 1.10 bits per heavy atom. The quantitative estimate of drug-likeness (QED) is 0.204. The number of aromatic carboxylic acids is 2. The summed E-state index contributed by atoms with van der Waals surface area (Å²) in [7, 11) is 0. The fourth-order valence-electron chi connectivity index (χ4n) is 7.09. The molecule has 4 aromatic carbocycles. The summed E-state index contributed by atoms with van der Waals surface area (Å²) in [6.07, 6.45) is 4.72. The number of carboxylic acid groups (broad SMARTS) is 2. The number of ether oxygens (including phenoxy) is 1. The zero-order chi connectivity index (χ0) is 36.8. The van der Waals surface area contributed by atoms with Gasteiger partial charge < -0.3 is 14.9 Å². The lowest BCUT2D eigenvalue weighted by molar-refractivity contribution is 0.0686. The third-order valence-corrected chi connectivity index (χ3v) is 12.5. The summed E-state index contributed by atoms with van der Waals surface area (Å²) in [5, 5.41) is 18.1. The first-order valence-corrected chi connectivity index (χ1v) is 18.8. The van der Waals surface area contributed by atoms with Crippen molar-refractivity contribution in [2.24, 2.45) is 0 Å². The SMILES string of the molecule is CC1(C)CCC(C)(C)c2cc(Oc3ccc(C(=O)O)cc3)c(Br)cc21.Cc1cc(C(=O)O)ccc1Sc1ccc2c(c1)C(C)(C)CCC2(C)C. The lowest BCUT2D eigenvalue weighted by Crippen LogP contribution is -2.33. The van der Waals surface area contributed by atoms with E-state index in [0.29, 0.717) is 11.3 Å². The molecule has 4 aromatic rings. The van der Waals surface area contributed by atoms with Crippen molar-refractivity contribution in [3.8, 4) is 11.5 Å². The van der Waals surface area contributed by atoms with Crippen molar-refractivity contribution in [3.05, 3.63) is 116 Å². The molecule has 0 spiro atoms. The standard InChI is InChI=1S/C22H26O2S.C21H23BrO3/c1-14-12-15(20(23)24)6-9-19(14)25-16-7-8-17-18(13-16)22(4,5)11-10-21(17,2)3;1-20(2)9-10-21(3,4)16-12-18(17(22)11-15(16)20)25-14-7-5-13(6-8-14)19(23)24/h6-9,12-13H,10-11H2,1-5H3,(H,23,24);5-8,11-12H,9-10H2,1-4H3,(H,23,24). The Bertz CT molecular complexity index is 1940. The molecule has 0 fully saturated rings. The summed E-state index contributed by atoms with van der Waals surface area (Å²) in [5.74, 6) is -0.436. The molecule has 0 radical (unpaired) electrons. The van der Waals surface area contributed by atoms with Gasteiger partial charge in [0.05, 0.1) is 15.6 Å². The van der Waals surface area contributed by atoms with Gasteiger partial charge in [-0.1, -0.05) is 73.2 Å². The van der Waals surface area contributed by atoms with Crippen LogP contribution in [0.25, 0.3) is 0 Å². The van der Waals surface area contributed by atoms with Crippen molar-refractivity contribution in [2.75, 3.05) is 0 Å². The molecule has 0 heterocycles. The number of hydrogen-bond acceptors (Lipinski definition) is 4. The number of aryl methyl sites for hydroxylation is 1. The van der Waals surface area contributed by atoms with Gasteiger partial charge in [0, 0.05) is 9.79 Å². The lowest BCUT2D eigenvalue weighted by atomic mass is 9.63. The van der Waals surface area contributed by atoms with E-state index in [-0.39, 0.29) is 27.2 Å². The molecular weight excluding hydrogens is 708 g/mol. The highest BCUT2D eigenvalue weighted by molar-refractivity contribution is 9.10. The van der Waals surface area contributed by atoms with Crippen LogP contribution in [-0.4, -0.2) is 22.2 Å². The van der Waals surface area contributed by atoms with Crippen molar-refractivity contribution in [1.29, 1.82) is 0 Å². The summed E-state index contributed by atoms with van der Waals surface area (Å²) in [6, 6.07) is 23.0. The van der Waals surface area contributed by atoms with Crippen LogP contribution in [-0.2, 0) is 21.7 Å². The molecule has 0 unspecified atom stereocenters. The van der Waals surface area contributed by atoms with Crippen LogP contribution in [0.4, 0.5) is 0 Å². The second-order valence-electron chi connectivity index (χ2n) is 16.4. The Hall–Kier alpha value is -3.55. The van der Waals surface area contributed by atoms with E-state index >= 15 is 0 Å². The van der Waals surface area contributed by atoms with Gasteiger partial charge in [-0.3, -0.25) is 0 Å². The van der Waals surface area contributed by atoms with E-state index in [4.69, 9.17) is 14.9 Å². The van der Waals surface area contributed by atoms with Gasteiger partial charge >= 0.3 is 11.9 Å². The Kier molecular flexibility index (Phi) is 10.5. The van der Waals surface area contributed by atoms with E-state index in [0.717, 1.165) is 33.5 Å². The van der Waals surface area contributed by atoms with Gasteiger partial charge in [-0.25, -0.2) is 9.59 Å². The molecule has 2 N–H and O–H groups in total. The molecule has 7 heteroatoms. The Morgan fingerprint density at radius 1 is 0.620 bits per heavy atom. The molecule has 0 aromatic heterocycles. The zero-order valence-corrected chi connectivity index (χ0v) is 33.1. The molecule has 0 atom stereocenters. The highest BCUT2D eigenvalue weighted by atomic mass is 79.9. The van der Waals surface area contributed by atoms with Crippen molar-refractivity contribution < 1.29 is 24.5 Å². The number of benzene rings is 4. The maximum atomic E-state index is 11.1. The lowest BCUT2D eigenvalue weighted by Gasteiger charge is -2.42. The van der Waals surface area contributed by atoms with E-state index in [2.05, 4.69) is 102 Å². The molecule has 0 bridgehead atoms. The minimum absolute atomic E-state index is 0.108. The third-order valence-electron chi connectivity index (χ3n) is 10.7. The number of carboxylic acids is 2. The molecule has 264 valence electrons. The van der Waals surface area contributed by atoms with Gasteiger partial charge in [0.15, 0.2) is 0 Å². The molecule has 0 saturated heterocycles. The number of fused-ring (bicyclic) bond motifs is 2. The average molecular weight is 758 g/mol. The van der Waals surface area contributed by atoms with Crippen LogP contribution < -0.4 is 4.74 Å². The molecule has 2 aliphatic rings. The Labute approximate surface area is 310 Å². The first-order valence-electron chi connectivity index (χ1n) is 17.2. The van der Waals surface area contributed by atoms with E-state index < -0.39 is 11.9 Å². The van der Waals surface area contributed by atoms with Crippen LogP contribution in [0.3, 0.4) is 0 Å². The summed E-state index contributed by atoms with van der Waals surface area (Å²) in [5.41, 5.74) is 7.88. The highest BCUT2D eigenvalue weighted by Gasteiger charge is 2.38. The monoisotopic (exact) mass is 756 g/mol. The van der Waals surface area contributed by atoms with Gasteiger partial charge in [0.1, 0.15) is 11.5 Å². The first kappa shape index (κ1) is 37.7. The number of rotatable bonds is 6. The summed E-state index contributed by atoms with van der Waals surface area (Å²) >= 11 is 5.36. The van der Waals surface area contributed by atoms with Crippen molar-refractivity contribution in [2.45, 2.75) is 119 Å². The largest absolute Gasteiger partial charge is 0.478 e. The Morgan fingerprint density at radius 3 is 1.62 bits per heavy atom. The molecular formula is C43H49BrO5S. The number of halogens is 1. The second kappa shape index (κ2) is 13.9. The van der Waals surface area contributed by atoms with Gasteiger partial charge in [0.2, 0.25) is 0 Å². The summed E-state index contributed by atoms with van der Waals surface area (Å²) in [4.78, 5) is 24.4.